The quantitative estimate of drug-likeness (QED) is 0.580. The van der Waals surface area contributed by atoms with Crippen molar-refractivity contribution in [3.8, 4) is 0 Å². The maximum absolute atomic E-state index is 8.25. The third-order valence-electron chi connectivity index (χ3n) is 2.81. The summed E-state index contributed by atoms with van der Waals surface area (Å²) in [6.07, 6.45) is 0. The maximum Gasteiger partial charge on any atom is 4.00 e. The van der Waals surface area contributed by atoms with Gasteiger partial charge < -0.3 is 15.3 Å². The molecule has 0 aliphatic heterocycles. The average molecular weight is 276 g/mol. The zero-order valence-electron chi connectivity index (χ0n) is 12.2. The van der Waals surface area contributed by atoms with Crippen LogP contribution in [-0.2, 0) is 21.7 Å². The Morgan fingerprint density at radius 2 is 0.471 bits per heavy atom. The predicted octanol–water partition coefficient (Wildman–Crippen LogP) is -0.101. The third-order valence-corrected chi connectivity index (χ3v) is 2.81. The van der Waals surface area contributed by atoms with Gasteiger partial charge in [0.1, 0.15) is 0 Å². The summed E-state index contributed by atoms with van der Waals surface area (Å²) in [6.45, 7) is 11.0. The molecule has 0 aromatic heterocycles. The van der Waals surface area contributed by atoms with E-state index in [-0.39, 0.29) is 21.7 Å². The van der Waals surface area contributed by atoms with Gasteiger partial charge in [0.15, 0.2) is 0 Å². The van der Waals surface area contributed by atoms with Gasteiger partial charge in [-0.2, -0.15) is 21.3 Å². The van der Waals surface area contributed by atoms with Crippen LogP contribution >= 0.6 is 0 Å². The van der Waals surface area contributed by atoms with Crippen LogP contribution < -0.4 is 15.3 Å². The summed E-state index contributed by atoms with van der Waals surface area (Å²) in [4.78, 5) is 0. The van der Waals surface area contributed by atoms with E-state index in [0.717, 1.165) is 21.3 Å². The van der Waals surface area contributed by atoms with E-state index in [4.69, 9.17) is 15.3 Å². The number of hydrogen-bond donors (Lipinski definition) is 0. The van der Waals surface area contributed by atoms with Crippen molar-refractivity contribution in [2.24, 2.45) is 0 Å². The average Bonchev–Trinajstić information content (AvgIpc) is 2.55. The first kappa shape index (κ1) is 26.2. The minimum absolute atomic E-state index is 0. The molecule has 97 valence electrons. The Labute approximate surface area is 123 Å². The molecular weight excluding hydrogens is 252 g/mol. The van der Waals surface area contributed by atoms with Crippen LogP contribution in [0.25, 0.3) is 0 Å². The van der Waals surface area contributed by atoms with Gasteiger partial charge in [0, 0.05) is 0 Å². The van der Waals surface area contributed by atoms with Gasteiger partial charge in [0.05, 0.1) is 0 Å². The van der Waals surface area contributed by atoms with Crippen molar-refractivity contribution in [3.63, 3.8) is 0 Å². The van der Waals surface area contributed by atoms with Gasteiger partial charge in [0.2, 0.25) is 0 Å². The molecule has 0 atom stereocenters. The summed E-state index contributed by atoms with van der Waals surface area (Å²) >= 11 is 0. The summed E-state index contributed by atoms with van der Waals surface area (Å²) in [7, 11) is 2.25. The molecule has 4 heteroatoms. The van der Waals surface area contributed by atoms with Crippen LogP contribution in [0.1, 0.15) is 34.6 Å². The first-order valence-electron chi connectivity index (χ1n) is 4.97. The van der Waals surface area contributed by atoms with Crippen molar-refractivity contribution >= 4 is 0 Å². The van der Waals surface area contributed by atoms with Crippen LogP contribution in [0.15, 0.2) is 0 Å². The van der Waals surface area contributed by atoms with Crippen LogP contribution in [0.3, 0.4) is 0 Å². The van der Waals surface area contributed by atoms with Crippen LogP contribution in [0, 0.1) is 29.6 Å². The second kappa shape index (κ2) is 16.6. The Kier molecular flexibility index (Phi) is 25.6. The molecule has 0 aromatic carbocycles. The molecule has 1 aliphatic rings. The molecule has 0 spiro atoms. The molecule has 0 amide bonds. The van der Waals surface area contributed by atoms with E-state index in [2.05, 4.69) is 34.6 Å². The molecule has 0 N–H and O–H groups in total. The minimum Gasteiger partial charge on any atom is -0.857 e. The van der Waals surface area contributed by atoms with E-state index in [9.17, 15) is 0 Å². The van der Waals surface area contributed by atoms with Gasteiger partial charge in [-0.05, 0) is 29.6 Å². The molecular formula is C13H24O3Ti+. The van der Waals surface area contributed by atoms with E-state index >= 15 is 0 Å². The van der Waals surface area contributed by atoms with Crippen molar-refractivity contribution in [1.82, 2.24) is 0 Å². The summed E-state index contributed by atoms with van der Waals surface area (Å²) < 4.78 is 0. The second-order valence-corrected chi connectivity index (χ2v) is 3.12. The largest absolute Gasteiger partial charge is 4.00 e. The molecule has 0 saturated heterocycles. The van der Waals surface area contributed by atoms with Crippen LogP contribution in [0.4, 0.5) is 0 Å². The predicted molar refractivity (Wildman–Crippen MR) is 62.4 cm³/mol. The standard InChI is InChI=1S/C10H15.3CH3O.Ti/c1-6-7(2)9(4)10(5)8(6)3;3*1-2;/h1-5H3;3*1H3;/q;3*-1;+4. The van der Waals surface area contributed by atoms with Gasteiger partial charge in [-0.3, -0.25) is 0 Å². The molecule has 1 fully saturated rings. The summed E-state index contributed by atoms with van der Waals surface area (Å²) in [5.41, 5.74) is 0. The first-order chi connectivity index (χ1) is 7.55. The Balaban J connectivity index is -0.000000106. The van der Waals surface area contributed by atoms with Crippen molar-refractivity contribution in [1.29, 1.82) is 0 Å². The van der Waals surface area contributed by atoms with Crippen LogP contribution in [-0.4, -0.2) is 21.3 Å². The molecule has 0 bridgehead atoms. The van der Waals surface area contributed by atoms with E-state index in [1.807, 2.05) is 0 Å². The third kappa shape index (κ3) is 8.33. The summed E-state index contributed by atoms with van der Waals surface area (Å²) in [5.74, 6) is 7.34. The molecule has 1 aliphatic carbocycles. The zero-order valence-corrected chi connectivity index (χ0v) is 13.8. The fraction of sp³-hybridized carbons (Fsp3) is 0.615. The monoisotopic (exact) mass is 276 g/mol. The van der Waals surface area contributed by atoms with E-state index in [0.29, 0.717) is 0 Å². The molecule has 17 heavy (non-hydrogen) atoms. The Morgan fingerprint density at radius 1 is 0.412 bits per heavy atom. The fourth-order valence-electron chi connectivity index (χ4n) is 1.41. The molecule has 0 aromatic rings. The van der Waals surface area contributed by atoms with E-state index in [1.54, 1.807) is 0 Å². The molecule has 0 heterocycles. The van der Waals surface area contributed by atoms with Crippen molar-refractivity contribution in [2.45, 2.75) is 34.6 Å². The van der Waals surface area contributed by atoms with Gasteiger partial charge >= 0.3 is 21.7 Å². The first-order valence-corrected chi connectivity index (χ1v) is 4.97. The van der Waals surface area contributed by atoms with E-state index < -0.39 is 0 Å². The van der Waals surface area contributed by atoms with Gasteiger partial charge in [0.25, 0.3) is 0 Å². The van der Waals surface area contributed by atoms with E-state index in [1.165, 1.54) is 29.6 Å². The molecule has 1 saturated carbocycles. The molecule has 3 nitrogen and oxygen atoms in total. The zero-order chi connectivity index (χ0) is 13.9. The number of rotatable bonds is 0. The molecule has 1 rings (SSSR count). The summed E-state index contributed by atoms with van der Waals surface area (Å²) in [6, 6.07) is 0. The Bertz CT molecular complexity index is 89.0. The normalized spacial score (nSPS) is 17.8. The molecule has 0 unspecified atom stereocenters. The van der Waals surface area contributed by atoms with Gasteiger partial charge in [-0.1, -0.05) is 34.6 Å². The topological polar surface area (TPSA) is 69.2 Å². The van der Waals surface area contributed by atoms with Crippen molar-refractivity contribution in [2.75, 3.05) is 21.3 Å². The van der Waals surface area contributed by atoms with Crippen LogP contribution in [0.5, 0.6) is 0 Å². The molecule has 5 radical (unpaired) electrons. The van der Waals surface area contributed by atoms with Gasteiger partial charge in [-0.25, -0.2) is 0 Å². The minimum atomic E-state index is 0. The van der Waals surface area contributed by atoms with Crippen molar-refractivity contribution in [3.05, 3.63) is 29.6 Å². The smallest absolute Gasteiger partial charge is 0.857 e. The van der Waals surface area contributed by atoms with Crippen molar-refractivity contribution < 1.29 is 37.0 Å². The Morgan fingerprint density at radius 3 is 0.529 bits per heavy atom. The Hall–Kier alpha value is 0.594. The van der Waals surface area contributed by atoms with Crippen LogP contribution in [0.2, 0.25) is 0 Å². The second-order valence-electron chi connectivity index (χ2n) is 3.12. The maximum atomic E-state index is 8.25. The SMILES string of the molecule is C[C]1[C](C)[C](C)[C](C)[C]1C.C[O-].C[O-].C[O-].[Ti+4]. The number of hydrogen-bond acceptors (Lipinski definition) is 3. The fourth-order valence-corrected chi connectivity index (χ4v) is 1.41. The van der Waals surface area contributed by atoms with Gasteiger partial charge in [-0.15, -0.1) is 0 Å². The summed E-state index contributed by atoms with van der Waals surface area (Å²) in [5, 5.41) is 24.8.